The van der Waals surface area contributed by atoms with E-state index in [1.807, 2.05) is 72.8 Å². The predicted molar refractivity (Wildman–Crippen MR) is 176 cm³/mol. The number of rotatable bonds is 2. The first-order chi connectivity index (χ1) is 22.5. The van der Waals surface area contributed by atoms with Crippen molar-refractivity contribution in [2.24, 2.45) is 0 Å². The molecule has 0 N–H and O–H groups in total. The van der Waals surface area contributed by atoms with Gasteiger partial charge in [0.05, 0.1) is 43.5 Å². The van der Waals surface area contributed by atoms with Crippen LogP contribution in [0.5, 0.6) is 0 Å². The van der Waals surface area contributed by atoms with E-state index in [1.54, 1.807) is 24.3 Å². The van der Waals surface area contributed by atoms with Crippen molar-refractivity contribution in [1.82, 2.24) is 0 Å². The van der Waals surface area contributed by atoms with Crippen molar-refractivity contribution in [3.05, 3.63) is 171 Å². The van der Waals surface area contributed by atoms with Crippen molar-refractivity contribution in [3.8, 4) is 62.7 Å². The number of hydrogen-bond acceptors (Lipinski definition) is 3. The minimum absolute atomic E-state index is 0.0236. The Balaban J connectivity index is 1.46. The molecule has 5 aromatic rings. The number of nitrogens with zero attached hydrogens (tertiary/aromatic N) is 6. The number of fused-ring (bicyclic) bond motifs is 6. The Morgan fingerprint density at radius 1 is 0.457 bits per heavy atom. The molecule has 7 rings (SSSR count). The van der Waals surface area contributed by atoms with Gasteiger partial charge in [-0.25, -0.2) is 25.1 Å². The second-order valence-corrected chi connectivity index (χ2v) is 10.7. The maximum atomic E-state index is 10.0. The maximum absolute atomic E-state index is 10.0. The monoisotopic (exact) mass is 580 g/mol. The molecular weight excluding hydrogens is 564 g/mol. The van der Waals surface area contributed by atoms with Gasteiger partial charge in [0, 0.05) is 11.1 Å². The summed E-state index contributed by atoms with van der Waals surface area (Å²) in [6.45, 7) is 22.9. The third-order valence-electron chi connectivity index (χ3n) is 8.44. The van der Waals surface area contributed by atoms with Gasteiger partial charge in [0.2, 0.25) is 0 Å². The SMILES string of the molecule is [C-]#[N+]C(C#N)=C1c2cc(-c3ccc(C#N)cc3)ccc2-c2cc3c(cc21)-c1ccc(-c2ccc([N+]#[C-])cc2)cc1C3=C(C#N)[N+]#[C-]. The van der Waals surface area contributed by atoms with Crippen LogP contribution in [0.4, 0.5) is 5.69 Å². The highest BCUT2D eigenvalue weighted by atomic mass is 14.7. The second-order valence-electron chi connectivity index (χ2n) is 10.7. The molecule has 6 nitrogen and oxygen atoms in total. The summed E-state index contributed by atoms with van der Waals surface area (Å²) in [5, 5.41) is 29.3. The normalized spacial score (nSPS) is 13.6. The average Bonchev–Trinajstić information content (AvgIpc) is 3.60. The lowest BCUT2D eigenvalue weighted by Crippen LogP contribution is -1.90. The van der Waals surface area contributed by atoms with Gasteiger partial charge in [0.15, 0.2) is 5.69 Å². The first kappa shape index (κ1) is 27.4. The molecule has 0 spiro atoms. The van der Waals surface area contributed by atoms with E-state index in [9.17, 15) is 15.8 Å². The van der Waals surface area contributed by atoms with Crippen molar-refractivity contribution in [3.63, 3.8) is 0 Å². The molecule has 0 unspecified atom stereocenters. The van der Waals surface area contributed by atoms with E-state index in [1.165, 1.54) is 0 Å². The van der Waals surface area contributed by atoms with Crippen LogP contribution in [0.1, 0.15) is 27.8 Å². The predicted octanol–water partition coefficient (Wildman–Crippen LogP) is 9.81. The lowest BCUT2D eigenvalue weighted by atomic mass is 9.95. The molecule has 0 saturated carbocycles. The lowest BCUT2D eigenvalue weighted by molar-refractivity contribution is 1.48. The van der Waals surface area contributed by atoms with Crippen molar-refractivity contribution in [1.29, 1.82) is 15.8 Å². The highest BCUT2D eigenvalue weighted by Gasteiger charge is 2.33. The number of benzene rings is 5. The Morgan fingerprint density at radius 2 is 0.870 bits per heavy atom. The minimum Gasteiger partial charge on any atom is -0.238 e. The van der Waals surface area contributed by atoms with Crippen LogP contribution < -0.4 is 0 Å². The Kier molecular flexibility index (Phi) is 6.34. The molecule has 0 atom stereocenters. The third-order valence-corrected chi connectivity index (χ3v) is 8.44. The molecule has 46 heavy (non-hydrogen) atoms. The molecule has 0 amide bonds. The fraction of sp³-hybridized carbons (Fsp3) is 0. The topological polar surface area (TPSA) is 84.5 Å². The summed E-state index contributed by atoms with van der Waals surface area (Å²) in [7, 11) is 0. The molecule has 2 aliphatic rings. The number of hydrogen-bond donors (Lipinski definition) is 0. The van der Waals surface area contributed by atoms with Gasteiger partial charge < -0.3 is 0 Å². The van der Waals surface area contributed by atoms with E-state index >= 15 is 0 Å². The maximum Gasteiger partial charge on any atom is 0.270 e. The van der Waals surface area contributed by atoms with Crippen LogP contribution in [0.15, 0.2) is 108 Å². The van der Waals surface area contributed by atoms with Crippen molar-refractivity contribution >= 4 is 16.8 Å². The second kappa shape index (κ2) is 10.7. The molecule has 0 aromatic heterocycles. The summed E-state index contributed by atoms with van der Waals surface area (Å²) in [4.78, 5) is 10.7. The molecule has 0 heterocycles. The highest BCUT2D eigenvalue weighted by Crippen LogP contribution is 2.54. The molecule has 0 bridgehead atoms. The molecule has 0 radical (unpaired) electrons. The molecule has 0 fully saturated rings. The van der Waals surface area contributed by atoms with Crippen molar-refractivity contribution in [2.75, 3.05) is 0 Å². The molecule has 0 saturated heterocycles. The summed E-state index contributed by atoms with van der Waals surface area (Å²) < 4.78 is 0. The Morgan fingerprint density at radius 3 is 1.26 bits per heavy atom. The zero-order chi connectivity index (χ0) is 31.9. The summed E-state index contributed by atoms with van der Waals surface area (Å²) in [6, 6.07) is 36.6. The van der Waals surface area contributed by atoms with Crippen LogP contribution in [-0.2, 0) is 0 Å². The minimum atomic E-state index is -0.0250. The molecule has 206 valence electrons. The van der Waals surface area contributed by atoms with Gasteiger partial charge in [0.25, 0.3) is 11.4 Å². The van der Waals surface area contributed by atoms with Crippen molar-refractivity contribution in [2.45, 2.75) is 0 Å². The van der Waals surface area contributed by atoms with E-state index in [-0.39, 0.29) is 11.4 Å². The van der Waals surface area contributed by atoms with Gasteiger partial charge in [-0.15, -0.1) is 0 Å². The summed E-state index contributed by atoms with van der Waals surface area (Å²) in [5.74, 6) is 0. The standard InChI is InChI=1S/C40H16N6/c1-44-28-12-8-25(9-13-28)27-11-15-30-32-19-35-31(18-36(32)40(34(30)17-27)38(22-43)46-3)29-14-10-26(24-6-4-23(20-41)5-7-24)16-33(29)39(35)37(21-42)45-2/h4-19H. The van der Waals surface area contributed by atoms with E-state index in [4.69, 9.17) is 19.7 Å². The molecule has 2 aliphatic carbocycles. The van der Waals surface area contributed by atoms with Crippen LogP contribution in [0.3, 0.4) is 0 Å². The Hall–Kier alpha value is -7.48. The van der Waals surface area contributed by atoms with Crippen LogP contribution in [0, 0.1) is 53.7 Å². The quantitative estimate of drug-likeness (QED) is 0.151. The summed E-state index contributed by atoms with van der Waals surface area (Å²) >= 11 is 0. The van der Waals surface area contributed by atoms with Gasteiger partial charge in [0.1, 0.15) is 0 Å². The van der Waals surface area contributed by atoms with Gasteiger partial charge in [-0.2, -0.15) is 5.26 Å². The van der Waals surface area contributed by atoms with Crippen LogP contribution in [0.25, 0.3) is 70.2 Å². The lowest BCUT2D eigenvalue weighted by Gasteiger charge is -2.09. The van der Waals surface area contributed by atoms with Crippen molar-refractivity contribution < 1.29 is 0 Å². The molecular formula is C40H16N6. The fourth-order valence-corrected chi connectivity index (χ4v) is 6.33. The largest absolute Gasteiger partial charge is 0.270 e. The third kappa shape index (κ3) is 4.06. The van der Waals surface area contributed by atoms with E-state index in [0.29, 0.717) is 22.4 Å². The van der Waals surface area contributed by atoms with Gasteiger partial charge >= 0.3 is 0 Å². The number of allylic oxidation sites excluding steroid dienone is 2. The zero-order valence-electron chi connectivity index (χ0n) is 23.9. The van der Waals surface area contributed by atoms with Gasteiger partial charge in [-0.05, 0) is 103 Å². The molecule has 0 aliphatic heterocycles. The first-order valence-corrected chi connectivity index (χ1v) is 14.0. The Bertz CT molecular complexity index is 2290. The van der Waals surface area contributed by atoms with Crippen LogP contribution >= 0.6 is 0 Å². The van der Waals surface area contributed by atoms with Gasteiger partial charge in [-0.1, -0.05) is 60.7 Å². The number of nitriles is 3. The molecule has 5 aromatic carbocycles. The highest BCUT2D eigenvalue weighted by molar-refractivity contribution is 6.11. The average molecular weight is 581 g/mol. The fourth-order valence-electron chi connectivity index (χ4n) is 6.33. The summed E-state index contributed by atoms with van der Waals surface area (Å²) in [5.41, 5.74) is 12.0. The summed E-state index contributed by atoms with van der Waals surface area (Å²) in [6.07, 6.45) is 0. The Labute approximate surface area is 265 Å². The van der Waals surface area contributed by atoms with E-state index in [0.717, 1.165) is 66.8 Å². The smallest absolute Gasteiger partial charge is 0.238 e. The van der Waals surface area contributed by atoms with Gasteiger partial charge in [-0.3, -0.25) is 0 Å². The zero-order valence-corrected chi connectivity index (χ0v) is 23.9. The van der Waals surface area contributed by atoms with E-state index < -0.39 is 0 Å². The van der Waals surface area contributed by atoms with Crippen LogP contribution in [-0.4, -0.2) is 0 Å². The van der Waals surface area contributed by atoms with E-state index in [2.05, 4.69) is 32.7 Å². The van der Waals surface area contributed by atoms with Crippen LogP contribution in [0.2, 0.25) is 0 Å². The first-order valence-electron chi connectivity index (χ1n) is 14.0. The molecule has 6 heteroatoms.